The molecule has 0 saturated carbocycles. The van der Waals surface area contributed by atoms with Crippen LogP contribution >= 0.6 is 11.6 Å². The van der Waals surface area contributed by atoms with Gasteiger partial charge in [0.1, 0.15) is 17.7 Å². The first-order chi connectivity index (χ1) is 11.7. The fourth-order valence-corrected chi connectivity index (χ4v) is 2.70. The molecule has 0 aliphatic carbocycles. The summed E-state index contributed by atoms with van der Waals surface area (Å²) in [5.74, 6) is 1.13. The first kappa shape index (κ1) is 16.5. The molecule has 1 aromatic carbocycles. The number of hydrogen-bond acceptors (Lipinski definition) is 5. The summed E-state index contributed by atoms with van der Waals surface area (Å²) in [6.45, 7) is 0.642. The van der Waals surface area contributed by atoms with Gasteiger partial charge >= 0.3 is 0 Å². The average molecular weight is 348 g/mol. The van der Waals surface area contributed by atoms with E-state index in [1.807, 2.05) is 6.07 Å². The van der Waals surface area contributed by atoms with E-state index in [0.717, 1.165) is 18.5 Å². The molecule has 3 rings (SSSR count). The summed E-state index contributed by atoms with van der Waals surface area (Å²) in [5, 5.41) is 6.47. The Kier molecular flexibility index (Phi) is 5.17. The van der Waals surface area contributed by atoms with Crippen molar-refractivity contribution < 1.29 is 14.3 Å². The zero-order chi connectivity index (χ0) is 16.9. The monoisotopic (exact) mass is 347 g/mol. The number of rotatable bonds is 5. The molecule has 2 heterocycles. The van der Waals surface area contributed by atoms with Crippen molar-refractivity contribution in [3.05, 3.63) is 41.6 Å². The number of pyridine rings is 1. The quantitative estimate of drug-likeness (QED) is 0.864. The molecule has 0 spiro atoms. The first-order valence-electron chi connectivity index (χ1n) is 7.65. The second kappa shape index (κ2) is 7.51. The lowest BCUT2D eigenvalue weighted by Gasteiger charge is -2.11. The number of nitrogens with one attached hydrogen (secondary N) is 2. The van der Waals surface area contributed by atoms with Crippen molar-refractivity contribution in [2.24, 2.45) is 0 Å². The number of benzene rings is 1. The van der Waals surface area contributed by atoms with Gasteiger partial charge in [0, 0.05) is 12.3 Å². The molecule has 1 fully saturated rings. The molecule has 1 aromatic heterocycles. The van der Waals surface area contributed by atoms with Gasteiger partial charge in [-0.1, -0.05) is 11.6 Å². The van der Waals surface area contributed by atoms with Crippen LogP contribution in [-0.2, 0) is 9.53 Å². The lowest BCUT2D eigenvalue weighted by atomic mass is 10.2. The lowest BCUT2D eigenvalue weighted by molar-refractivity contribution is -0.124. The van der Waals surface area contributed by atoms with Gasteiger partial charge in [-0.05, 0) is 43.2 Å². The lowest BCUT2D eigenvalue weighted by Crippen LogP contribution is -2.26. The van der Waals surface area contributed by atoms with Crippen LogP contribution in [0.25, 0.3) is 0 Å². The molecule has 1 aliphatic heterocycles. The number of methoxy groups -OCH3 is 1. The van der Waals surface area contributed by atoms with E-state index in [2.05, 4.69) is 15.6 Å². The smallest absolute Gasteiger partial charge is 0.253 e. The number of anilines is 3. The number of hydrogen-bond donors (Lipinski definition) is 2. The largest absolute Gasteiger partial charge is 0.495 e. The van der Waals surface area contributed by atoms with Crippen molar-refractivity contribution in [2.45, 2.75) is 18.9 Å². The second-order valence-electron chi connectivity index (χ2n) is 5.40. The highest BCUT2D eigenvalue weighted by molar-refractivity contribution is 6.32. The molecule has 24 heavy (non-hydrogen) atoms. The minimum Gasteiger partial charge on any atom is -0.495 e. The van der Waals surface area contributed by atoms with Gasteiger partial charge in [0.25, 0.3) is 5.91 Å². The van der Waals surface area contributed by atoms with Crippen LogP contribution in [0.15, 0.2) is 36.5 Å². The Morgan fingerprint density at radius 1 is 1.33 bits per heavy atom. The number of halogens is 1. The Balaban J connectivity index is 1.61. The summed E-state index contributed by atoms with van der Waals surface area (Å²) in [4.78, 5) is 16.3. The fourth-order valence-electron chi connectivity index (χ4n) is 2.44. The number of amides is 1. The van der Waals surface area contributed by atoms with E-state index < -0.39 is 0 Å². The van der Waals surface area contributed by atoms with E-state index in [0.29, 0.717) is 28.9 Å². The van der Waals surface area contributed by atoms with Gasteiger partial charge in [-0.3, -0.25) is 4.79 Å². The van der Waals surface area contributed by atoms with E-state index in [1.165, 1.54) is 0 Å². The molecule has 7 heteroatoms. The highest BCUT2D eigenvalue weighted by Gasteiger charge is 2.23. The van der Waals surface area contributed by atoms with Crippen LogP contribution in [0, 0.1) is 0 Å². The SMILES string of the molecule is COc1ccc(Nc2ccc(NC(=O)C3CCCO3)cn2)cc1Cl. The second-order valence-corrected chi connectivity index (χ2v) is 5.80. The van der Waals surface area contributed by atoms with Crippen molar-refractivity contribution in [1.82, 2.24) is 4.98 Å². The molecule has 1 amide bonds. The van der Waals surface area contributed by atoms with Crippen LogP contribution in [0.4, 0.5) is 17.2 Å². The van der Waals surface area contributed by atoms with Crippen molar-refractivity contribution >= 4 is 34.7 Å². The Bertz CT molecular complexity index is 716. The first-order valence-corrected chi connectivity index (χ1v) is 8.02. The maximum Gasteiger partial charge on any atom is 0.253 e. The van der Waals surface area contributed by atoms with E-state index in [4.69, 9.17) is 21.1 Å². The maximum absolute atomic E-state index is 12.0. The maximum atomic E-state index is 12.0. The Morgan fingerprint density at radius 2 is 2.17 bits per heavy atom. The highest BCUT2D eigenvalue weighted by atomic mass is 35.5. The summed E-state index contributed by atoms with van der Waals surface area (Å²) >= 11 is 6.10. The van der Waals surface area contributed by atoms with Crippen LogP contribution < -0.4 is 15.4 Å². The highest BCUT2D eigenvalue weighted by Crippen LogP contribution is 2.28. The van der Waals surface area contributed by atoms with E-state index >= 15 is 0 Å². The van der Waals surface area contributed by atoms with Crippen LogP contribution in [0.2, 0.25) is 5.02 Å². The molecule has 2 aromatic rings. The Hall–Kier alpha value is -2.31. The predicted octanol–water partition coefficient (Wildman–Crippen LogP) is 3.60. The predicted molar refractivity (Wildman–Crippen MR) is 93.1 cm³/mol. The third kappa shape index (κ3) is 3.96. The molecule has 6 nitrogen and oxygen atoms in total. The van der Waals surface area contributed by atoms with Crippen molar-refractivity contribution in [3.63, 3.8) is 0 Å². The molecule has 126 valence electrons. The molecular formula is C17H18ClN3O3. The van der Waals surface area contributed by atoms with Gasteiger partial charge in [-0.2, -0.15) is 0 Å². The molecule has 2 N–H and O–H groups in total. The van der Waals surface area contributed by atoms with E-state index in [1.54, 1.807) is 37.6 Å². The van der Waals surface area contributed by atoms with Crippen LogP contribution in [-0.4, -0.2) is 30.7 Å². The zero-order valence-electron chi connectivity index (χ0n) is 13.2. The average Bonchev–Trinajstić information content (AvgIpc) is 3.11. The van der Waals surface area contributed by atoms with Crippen LogP contribution in [0.1, 0.15) is 12.8 Å². The van der Waals surface area contributed by atoms with E-state index in [9.17, 15) is 4.79 Å². The van der Waals surface area contributed by atoms with Gasteiger partial charge in [0.05, 0.1) is 24.0 Å². The minimum atomic E-state index is -0.357. The molecule has 0 radical (unpaired) electrons. The molecule has 1 aliphatic rings. The van der Waals surface area contributed by atoms with Crippen molar-refractivity contribution in [2.75, 3.05) is 24.4 Å². The number of carbonyl (C=O) groups excluding carboxylic acids is 1. The standard InChI is InChI=1S/C17H18ClN3O3/c1-23-14-6-4-11(9-13(14)18)20-16-7-5-12(10-19-16)21-17(22)15-3-2-8-24-15/h4-7,9-10,15H,2-3,8H2,1H3,(H,19,20)(H,21,22). The van der Waals surface area contributed by atoms with Gasteiger partial charge in [-0.15, -0.1) is 0 Å². The molecular weight excluding hydrogens is 330 g/mol. The number of ether oxygens (including phenoxy) is 2. The van der Waals surface area contributed by atoms with Gasteiger partial charge in [0.15, 0.2) is 0 Å². The third-order valence-corrected chi connectivity index (χ3v) is 3.97. The van der Waals surface area contributed by atoms with Gasteiger partial charge in [-0.25, -0.2) is 4.98 Å². The van der Waals surface area contributed by atoms with E-state index in [-0.39, 0.29) is 12.0 Å². The summed E-state index contributed by atoms with van der Waals surface area (Å²) in [5.41, 5.74) is 1.43. The molecule has 1 atom stereocenters. The number of nitrogens with zero attached hydrogens (tertiary/aromatic N) is 1. The number of aromatic nitrogens is 1. The topological polar surface area (TPSA) is 72.5 Å². The summed E-state index contributed by atoms with van der Waals surface area (Å²) in [7, 11) is 1.57. The number of carbonyl (C=O) groups is 1. The summed E-state index contributed by atoms with van der Waals surface area (Å²) < 4.78 is 10.5. The third-order valence-electron chi connectivity index (χ3n) is 3.68. The van der Waals surface area contributed by atoms with Crippen molar-refractivity contribution in [3.8, 4) is 5.75 Å². The molecule has 1 saturated heterocycles. The Labute approximate surface area is 145 Å². The summed E-state index contributed by atoms with van der Waals surface area (Å²) in [6.07, 6.45) is 2.92. The van der Waals surface area contributed by atoms with Gasteiger partial charge in [0.2, 0.25) is 0 Å². The van der Waals surface area contributed by atoms with Gasteiger partial charge < -0.3 is 20.1 Å². The fraction of sp³-hybridized carbons (Fsp3) is 0.294. The minimum absolute atomic E-state index is 0.128. The normalized spacial score (nSPS) is 16.7. The zero-order valence-corrected chi connectivity index (χ0v) is 14.0. The van der Waals surface area contributed by atoms with Crippen LogP contribution in [0.5, 0.6) is 5.75 Å². The Morgan fingerprint density at radius 3 is 2.79 bits per heavy atom. The molecule has 0 bridgehead atoms. The van der Waals surface area contributed by atoms with Crippen molar-refractivity contribution in [1.29, 1.82) is 0 Å². The summed E-state index contributed by atoms with van der Waals surface area (Å²) in [6, 6.07) is 8.95. The molecule has 1 unspecified atom stereocenters. The van der Waals surface area contributed by atoms with Crippen LogP contribution in [0.3, 0.4) is 0 Å².